The van der Waals surface area contributed by atoms with Crippen LogP contribution in [-0.2, 0) is 4.74 Å². The van der Waals surface area contributed by atoms with E-state index in [0.29, 0.717) is 13.2 Å². The van der Waals surface area contributed by atoms with Crippen molar-refractivity contribution in [1.82, 2.24) is 5.32 Å². The molecule has 0 aromatic carbocycles. The number of ether oxygens (including phenoxy) is 1. The Morgan fingerprint density at radius 2 is 2.12 bits per heavy atom. The number of rotatable bonds is 6. The first kappa shape index (κ1) is 13.2. The summed E-state index contributed by atoms with van der Waals surface area (Å²) < 4.78 is 9.78. The number of aromatic carboxylic acids is 1. The van der Waals surface area contributed by atoms with Gasteiger partial charge in [-0.1, -0.05) is 6.92 Å². The van der Waals surface area contributed by atoms with Gasteiger partial charge in [0.1, 0.15) is 0 Å². The van der Waals surface area contributed by atoms with E-state index in [1.54, 1.807) is 7.11 Å². The SMILES string of the molecule is COCC(C)CNC(=O)c1ccc(C(=O)O)o1. The average molecular weight is 241 g/mol. The van der Waals surface area contributed by atoms with Crippen LogP contribution in [0.5, 0.6) is 0 Å². The maximum Gasteiger partial charge on any atom is 0.371 e. The predicted octanol–water partition coefficient (Wildman–Crippen LogP) is 0.990. The van der Waals surface area contributed by atoms with Crippen LogP contribution in [0.25, 0.3) is 0 Å². The third-order valence-corrected chi connectivity index (χ3v) is 2.10. The quantitative estimate of drug-likeness (QED) is 0.775. The molecule has 1 aromatic rings. The number of carbonyl (C=O) groups is 2. The Hall–Kier alpha value is -1.82. The van der Waals surface area contributed by atoms with E-state index in [1.807, 2.05) is 6.92 Å². The topological polar surface area (TPSA) is 88.8 Å². The first-order chi connectivity index (χ1) is 8.04. The second-order valence-electron chi connectivity index (χ2n) is 3.74. The van der Waals surface area contributed by atoms with E-state index < -0.39 is 11.9 Å². The molecule has 0 fully saturated rings. The Bertz CT molecular complexity index is 398. The van der Waals surface area contributed by atoms with E-state index in [9.17, 15) is 9.59 Å². The predicted molar refractivity (Wildman–Crippen MR) is 59.0 cm³/mol. The van der Waals surface area contributed by atoms with Gasteiger partial charge >= 0.3 is 5.97 Å². The van der Waals surface area contributed by atoms with Crippen LogP contribution in [0.3, 0.4) is 0 Å². The second kappa shape index (κ2) is 6.05. The Kier molecular flexibility index (Phi) is 4.71. The summed E-state index contributed by atoms with van der Waals surface area (Å²) in [4.78, 5) is 22.1. The van der Waals surface area contributed by atoms with Crippen LogP contribution < -0.4 is 5.32 Å². The van der Waals surface area contributed by atoms with E-state index in [2.05, 4.69) is 5.32 Å². The number of methoxy groups -OCH3 is 1. The van der Waals surface area contributed by atoms with Crippen molar-refractivity contribution in [3.63, 3.8) is 0 Å². The highest BCUT2D eigenvalue weighted by Crippen LogP contribution is 2.07. The summed E-state index contributed by atoms with van der Waals surface area (Å²) in [6, 6.07) is 2.58. The van der Waals surface area contributed by atoms with E-state index in [4.69, 9.17) is 14.3 Å². The minimum absolute atomic E-state index is 0.00739. The molecule has 0 aliphatic rings. The molecule has 0 aliphatic carbocycles. The van der Waals surface area contributed by atoms with Crippen molar-refractivity contribution < 1.29 is 23.8 Å². The Labute approximate surface area is 98.6 Å². The fraction of sp³-hybridized carbons (Fsp3) is 0.455. The summed E-state index contributed by atoms with van der Waals surface area (Å²) in [5.74, 6) is -1.71. The Morgan fingerprint density at radius 1 is 1.47 bits per heavy atom. The number of hydrogen-bond donors (Lipinski definition) is 2. The van der Waals surface area contributed by atoms with Gasteiger partial charge in [0.05, 0.1) is 6.61 Å². The number of carbonyl (C=O) groups excluding carboxylic acids is 1. The van der Waals surface area contributed by atoms with Crippen molar-refractivity contribution >= 4 is 11.9 Å². The van der Waals surface area contributed by atoms with Crippen LogP contribution in [-0.4, -0.2) is 37.2 Å². The molecule has 0 saturated heterocycles. The van der Waals surface area contributed by atoms with E-state index in [-0.39, 0.29) is 17.4 Å². The molecular formula is C11H15NO5. The van der Waals surface area contributed by atoms with Crippen molar-refractivity contribution in [2.75, 3.05) is 20.3 Å². The molecule has 1 aromatic heterocycles. The zero-order chi connectivity index (χ0) is 12.8. The largest absolute Gasteiger partial charge is 0.475 e. The molecule has 94 valence electrons. The van der Waals surface area contributed by atoms with Gasteiger partial charge in [-0.25, -0.2) is 4.79 Å². The van der Waals surface area contributed by atoms with Crippen molar-refractivity contribution in [3.8, 4) is 0 Å². The van der Waals surface area contributed by atoms with Gasteiger partial charge in [-0.2, -0.15) is 0 Å². The minimum atomic E-state index is -1.20. The van der Waals surface area contributed by atoms with E-state index in [1.165, 1.54) is 12.1 Å². The first-order valence-corrected chi connectivity index (χ1v) is 5.15. The molecule has 0 spiro atoms. The molecule has 6 nitrogen and oxygen atoms in total. The Morgan fingerprint density at radius 3 is 2.65 bits per heavy atom. The number of amides is 1. The maximum atomic E-state index is 11.6. The highest BCUT2D eigenvalue weighted by Gasteiger charge is 2.15. The standard InChI is InChI=1S/C11H15NO5/c1-7(6-16-2)5-12-10(13)8-3-4-9(17-8)11(14)15/h3-4,7H,5-6H2,1-2H3,(H,12,13)(H,14,15). The van der Waals surface area contributed by atoms with Crippen molar-refractivity contribution in [2.45, 2.75) is 6.92 Å². The van der Waals surface area contributed by atoms with Gasteiger partial charge in [-0.15, -0.1) is 0 Å². The van der Waals surface area contributed by atoms with Crippen molar-refractivity contribution in [1.29, 1.82) is 0 Å². The molecule has 2 N–H and O–H groups in total. The lowest BCUT2D eigenvalue weighted by atomic mass is 10.2. The summed E-state index contributed by atoms with van der Waals surface area (Å²) in [7, 11) is 1.59. The summed E-state index contributed by atoms with van der Waals surface area (Å²) in [6.07, 6.45) is 0. The molecule has 1 heterocycles. The third-order valence-electron chi connectivity index (χ3n) is 2.10. The van der Waals surface area contributed by atoms with Crippen LogP contribution in [0.1, 0.15) is 28.0 Å². The average Bonchev–Trinajstić information content (AvgIpc) is 2.75. The van der Waals surface area contributed by atoms with Gasteiger partial charge in [0.2, 0.25) is 5.76 Å². The number of carboxylic acids is 1. The van der Waals surface area contributed by atoms with Crippen LogP contribution in [0, 0.1) is 5.92 Å². The zero-order valence-corrected chi connectivity index (χ0v) is 9.73. The molecule has 1 amide bonds. The number of furan rings is 1. The minimum Gasteiger partial charge on any atom is -0.475 e. The molecule has 17 heavy (non-hydrogen) atoms. The number of nitrogens with one attached hydrogen (secondary N) is 1. The highest BCUT2D eigenvalue weighted by molar-refractivity contribution is 5.93. The van der Waals surface area contributed by atoms with Crippen LogP contribution in [0.4, 0.5) is 0 Å². The van der Waals surface area contributed by atoms with Gasteiger partial charge < -0.3 is 19.6 Å². The lowest BCUT2D eigenvalue weighted by molar-refractivity contribution is 0.0659. The Balaban J connectivity index is 2.49. The molecule has 0 radical (unpaired) electrons. The van der Waals surface area contributed by atoms with E-state index >= 15 is 0 Å². The van der Waals surface area contributed by atoms with Crippen molar-refractivity contribution in [3.05, 3.63) is 23.7 Å². The van der Waals surface area contributed by atoms with Gasteiger partial charge in [0, 0.05) is 13.7 Å². The summed E-state index contributed by atoms with van der Waals surface area (Å²) in [5.41, 5.74) is 0. The molecule has 1 unspecified atom stereocenters. The zero-order valence-electron chi connectivity index (χ0n) is 9.73. The van der Waals surface area contributed by atoms with Crippen LogP contribution in [0.15, 0.2) is 16.5 Å². The smallest absolute Gasteiger partial charge is 0.371 e. The molecule has 1 rings (SSSR count). The monoisotopic (exact) mass is 241 g/mol. The lowest BCUT2D eigenvalue weighted by Crippen LogP contribution is -2.29. The summed E-state index contributed by atoms with van der Waals surface area (Å²) >= 11 is 0. The fourth-order valence-electron chi connectivity index (χ4n) is 1.27. The van der Waals surface area contributed by atoms with Gasteiger partial charge in [0.25, 0.3) is 5.91 Å². The fourth-order valence-corrected chi connectivity index (χ4v) is 1.27. The maximum absolute atomic E-state index is 11.6. The van der Waals surface area contributed by atoms with Crippen LogP contribution in [0.2, 0.25) is 0 Å². The number of carboxylic acid groups (broad SMARTS) is 1. The summed E-state index contributed by atoms with van der Waals surface area (Å²) in [5, 5.41) is 11.3. The molecule has 0 saturated carbocycles. The van der Waals surface area contributed by atoms with Crippen molar-refractivity contribution in [2.24, 2.45) is 5.92 Å². The normalized spacial score (nSPS) is 12.1. The molecular weight excluding hydrogens is 226 g/mol. The second-order valence-corrected chi connectivity index (χ2v) is 3.74. The highest BCUT2D eigenvalue weighted by atomic mass is 16.5. The molecule has 0 aliphatic heterocycles. The van der Waals surface area contributed by atoms with Crippen LogP contribution >= 0.6 is 0 Å². The first-order valence-electron chi connectivity index (χ1n) is 5.15. The lowest BCUT2D eigenvalue weighted by Gasteiger charge is -2.10. The molecule has 6 heteroatoms. The summed E-state index contributed by atoms with van der Waals surface area (Å²) in [6.45, 7) is 2.91. The molecule has 0 bridgehead atoms. The van der Waals surface area contributed by atoms with E-state index in [0.717, 1.165) is 0 Å². The van der Waals surface area contributed by atoms with Gasteiger partial charge in [-0.3, -0.25) is 4.79 Å². The third kappa shape index (κ3) is 3.92. The van der Waals surface area contributed by atoms with Gasteiger partial charge in [0.15, 0.2) is 5.76 Å². The number of hydrogen-bond acceptors (Lipinski definition) is 4. The molecule has 1 atom stereocenters. The van der Waals surface area contributed by atoms with Gasteiger partial charge in [-0.05, 0) is 18.1 Å².